The van der Waals surface area contributed by atoms with Gasteiger partial charge >= 0.3 is 0 Å². The molecule has 1 saturated heterocycles. The molecule has 0 unspecified atom stereocenters. The smallest absolute Gasteiger partial charge is 0.174 e. The molecule has 2 aliphatic rings. The zero-order chi connectivity index (χ0) is 9.31. The maximum Gasteiger partial charge on any atom is 0.174 e. The Morgan fingerprint density at radius 3 is 2.00 bits per heavy atom. The van der Waals surface area contributed by atoms with Crippen LogP contribution in [0.1, 0.15) is 32.1 Å². The van der Waals surface area contributed by atoms with Crippen molar-refractivity contribution >= 4 is 34.7 Å². The number of thiocarbonyl (C=S) groups is 2. The van der Waals surface area contributed by atoms with Gasteiger partial charge in [-0.1, -0.05) is 6.42 Å². The van der Waals surface area contributed by atoms with E-state index in [0.717, 1.165) is 12.8 Å². The molecule has 0 amide bonds. The van der Waals surface area contributed by atoms with Crippen molar-refractivity contribution in [1.82, 2.24) is 16.0 Å². The van der Waals surface area contributed by atoms with E-state index in [0.29, 0.717) is 10.2 Å². The monoisotopic (exact) mass is 215 g/mol. The van der Waals surface area contributed by atoms with Crippen LogP contribution in [0.25, 0.3) is 0 Å². The van der Waals surface area contributed by atoms with Crippen molar-refractivity contribution in [2.75, 3.05) is 0 Å². The van der Waals surface area contributed by atoms with Crippen molar-refractivity contribution in [2.45, 2.75) is 37.8 Å². The van der Waals surface area contributed by atoms with E-state index in [-0.39, 0.29) is 5.66 Å². The summed E-state index contributed by atoms with van der Waals surface area (Å²) in [6, 6.07) is 0. The van der Waals surface area contributed by atoms with Gasteiger partial charge in [-0.25, -0.2) is 0 Å². The third-order valence-electron chi connectivity index (χ3n) is 2.64. The van der Waals surface area contributed by atoms with Gasteiger partial charge in [-0.2, -0.15) is 0 Å². The lowest BCUT2D eigenvalue weighted by Gasteiger charge is -2.43. The van der Waals surface area contributed by atoms with Crippen LogP contribution in [0.2, 0.25) is 0 Å². The van der Waals surface area contributed by atoms with Crippen LogP contribution in [0.3, 0.4) is 0 Å². The van der Waals surface area contributed by atoms with Gasteiger partial charge in [0.05, 0.1) is 0 Å². The lowest BCUT2D eigenvalue weighted by Crippen LogP contribution is -2.70. The van der Waals surface area contributed by atoms with Gasteiger partial charge in [0.15, 0.2) is 10.2 Å². The second-order valence-electron chi connectivity index (χ2n) is 3.68. The molecule has 1 aliphatic heterocycles. The van der Waals surface area contributed by atoms with Crippen LogP contribution in [-0.4, -0.2) is 15.9 Å². The summed E-state index contributed by atoms with van der Waals surface area (Å²) in [4.78, 5) is 0. The highest BCUT2D eigenvalue weighted by Gasteiger charge is 2.36. The highest BCUT2D eigenvalue weighted by molar-refractivity contribution is 7.81. The first-order chi connectivity index (χ1) is 6.20. The standard InChI is InChI=1S/C8H13N3S2/c12-6-9-7(13)11-8(10-6)4-2-1-3-5-8/h1-5H2,(H3,9,10,11,12,13). The molecular formula is C8H13N3S2. The Morgan fingerprint density at radius 2 is 1.46 bits per heavy atom. The molecule has 1 saturated carbocycles. The van der Waals surface area contributed by atoms with Crippen LogP contribution in [0.5, 0.6) is 0 Å². The molecule has 3 nitrogen and oxygen atoms in total. The zero-order valence-corrected chi connectivity index (χ0v) is 8.99. The Kier molecular flexibility index (Phi) is 2.38. The van der Waals surface area contributed by atoms with Gasteiger partial charge in [0.1, 0.15) is 5.66 Å². The van der Waals surface area contributed by atoms with Crippen molar-refractivity contribution in [3.8, 4) is 0 Å². The molecule has 0 aromatic rings. The van der Waals surface area contributed by atoms with E-state index < -0.39 is 0 Å². The summed E-state index contributed by atoms with van der Waals surface area (Å²) in [5, 5.41) is 10.8. The van der Waals surface area contributed by atoms with Gasteiger partial charge in [-0.05, 0) is 50.1 Å². The molecule has 0 aromatic heterocycles. The minimum absolute atomic E-state index is 0.0440. The Hall–Kier alpha value is -0.420. The molecule has 2 rings (SSSR count). The van der Waals surface area contributed by atoms with Crippen LogP contribution >= 0.6 is 24.4 Å². The summed E-state index contributed by atoms with van der Waals surface area (Å²) in [7, 11) is 0. The molecule has 72 valence electrons. The molecule has 5 heteroatoms. The molecule has 0 radical (unpaired) electrons. The van der Waals surface area contributed by atoms with Crippen molar-refractivity contribution in [3.63, 3.8) is 0 Å². The van der Waals surface area contributed by atoms with Crippen LogP contribution in [-0.2, 0) is 0 Å². The molecule has 1 spiro atoms. The van der Waals surface area contributed by atoms with Gasteiger partial charge in [-0.3, -0.25) is 0 Å². The number of hydrogen-bond donors (Lipinski definition) is 3. The largest absolute Gasteiger partial charge is 0.340 e. The Balaban J connectivity index is 2.11. The molecule has 1 heterocycles. The fourth-order valence-electron chi connectivity index (χ4n) is 2.04. The first kappa shape index (κ1) is 9.15. The van der Waals surface area contributed by atoms with Gasteiger partial charge in [0.2, 0.25) is 0 Å². The SMILES string of the molecule is S=C1NC(=S)NC2(CCCCC2)N1. The zero-order valence-electron chi connectivity index (χ0n) is 7.35. The maximum absolute atomic E-state index is 5.09. The van der Waals surface area contributed by atoms with E-state index in [1.54, 1.807) is 0 Å². The second kappa shape index (κ2) is 3.38. The van der Waals surface area contributed by atoms with Crippen molar-refractivity contribution < 1.29 is 0 Å². The van der Waals surface area contributed by atoms with Crippen LogP contribution < -0.4 is 16.0 Å². The molecule has 3 N–H and O–H groups in total. The van der Waals surface area contributed by atoms with Gasteiger partial charge in [-0.15, -0.1) is 0 Å². The van der Waals surface area contributed by atoms with E-state index in [9.17, 15) is 0 Å². The van der Waals surface area contributed by atoms with Gasteiger partial charge < -0.3 is 16.0 Å². The molecular weight excluding hydrogens is 202 g/mol. The third kappa shape index (κ3) is 1.91. The number of rotatable bonds is 0. The highest BCUT2D eigenvalue weighted by atomic mass is 32.1. The fourth-order valence-corrected chi connectivity index (χ4v) is 2.70. The van der Waals surface area contributed by atoms with Crippen LogP contribution in [0.4, 0.5) is 0 Å². The Morgan fingerprint density at radius 1 is 0.923 bits per heavy atom. The average molecular weight is 215 g/mol. The summed E-state index contributed by atoms with van der Waals surface area (Å²) in [5.74, 6) is 0. The molecule has 13 heavy (non-hydrogen) atoms. The van der Waals surface area contributed by atoms with Crippen LogP contribution in [0, 0.1) is 0 Å². The van der Waals surface area contributed by atoms with Gasteiger partial charge in [0.25, 0.3) is 0 Å². The lowest BCUT2D eigenvalue weighted by atomic mass is 9.89. The summed E-state index contributed by atoms with van der Waals surface area (Å²) in [6.07, 6.45) is 6.01. The molecule has 2 fully saturated rings. The second-order valence-corrected chi connectivity index (χ2v) is 4.49. The maximum atomic E-state index is 5.09. The topological polar surface area (TPSA) is 36.1 Å². The number of nitrogens with one attached hydrogen (secondary N) is 3. The molecule has 1 aliphatic carbocycles. The molecule has 0 bridgehead atoms. The van der Waals surface area contributed by atoms with Crippen molar-refractivity contribution in [2.24, 2.45) is 0 Å². The van der Waals surface area contributed by atoms with E-state index in [1.165, 1.54) is 19.3 Å². The normalized spacial score (nSPS) is 26.2. The van der Waals surface area contributed by atoms with Crippen molar-refractivity contribution in [3.05, 3.63) is 0 Å². The first-order valence-corrected chi connectivity index (χ1v) is 5.43. The summed E-state index contributed by atoms with van der Waals surface area (Å²) < 4.78 is 0. The molecule has 0 aromatic carbocycles. The lowest BCUT2D eigenvalue weighted by molar-refractivity contribution is 0.237. The van der Waals surface area contributed by atoms with E-state index in [1.807, 2.05) is 0 Å². The predicted octanol–water partition coefficient (Wildman–Crippen LogP) is 0.999. The fraction of sp³-hybridized carbons (Fsp3) is 0.750. The van der Waals surface area contributed by atoms with E-state index in [2.05, 4.69) is 16.0 Å². The molecule has 0 atom stereocenters. The van der Waals surface area contributed by atoms with E-state index in [4.69, 9.17) is 24.4 Å². The number of hydrogen-bond acceptors (Lipinski definition) is 2. The summed E-state index contributed by atoms with van der Waals surface area (Å²) in [6.45, 7) is 0. The van der Waals surface area contributed by atoms with E-state index >= 15 is 0 Å². The van der Waals surface area contributed by atoms with Crippen LogP contribution in [0.15, 0.2) is 0 Å². The minimum atomic E-state index is -0.0440. The Labute approximate surface area is 88.6 Å². The van der Waals surface area contributed by atoms with Gasteiger partial charge in [0, 0.05) is 0 Å². The summed E-state index contributed by atoms with van der Waals surface area (Å²) >= 11 is 10.2. The third-order valence-corrected chi connectivity index (χ3v) is 3.05. The first-order valence-electron chi connectivity index (χ1n) is 4.62. The quantitative estimate of drug-likeness (QED) is 0.526. The summed E-state index contributed by atoms with van der Waals surface area (Å²) in [5.41, 5.74) is -0.0440. The minimum Gasteiger partial charge on any atom is -0.340 e. The predicted molar refractivity (Wildman–Crippen MR) is 60.4 cm³/mol. The Bertz CT molecular complexity index is 228. The highest BCUT2D eigenvalue weighted by Crippen LogP contribution is 2.26. The average Bonchev–Trinajstić information content (AvgIpc) is 2.02. The van der Waals surface area contributed by atoms with Crippen molar-refractivity contribution in [1.29, 1.82) is 0 Å².